The Morgan fingerprint density at radius 2 is 2.19 bits per heavy atom. The SMILES string of the molecule is CN(C)C(=O)C[C@@H](O)c1cc2n(n1)CCN(c1ncnc3nc[nH]c13)C2. The van der Waals surface area contributed by atoms with Crippen LogP contribution < -0.4 is 4.90 Å². The van der Waals surface area contributed by atoms with E-state index in [1.54, 1.807) is 20.4 Å². The average Bonchev–Trinajstić information content (AvgIpc) is 3.27. The van der Waals surface area contributed by atoms with Crippen LogP contribution in [-0.2, 0) is 17.9 Å². The van der Waals surface area contributed by atoms with Crippen molar-refractivity contribution >= 4 is 22.9 Å². The summed E-state index contributed by atoms with van der Waals surface area (Å²) in [7, 11) is 3.34. The summed E-state index contributed by atoms with van der Waals surface area (Å²) >= 11 is 0. The molecule has 3 aromatic heterocycles. The van der Waals surface area contributed by atoms with E-state index < -0.39 is 6.10 Å². The third-order valence-electron chi connectivity index (χ3n) is 4.53. The molecule has 1 amide bonds. The summed E-state index contributed by atoms with van der Waals surface area (Å²) in [5.41, 5.74) is 2.92. The molecule has 2 N–H and O–H groups in total. The van der Waals surface area contributed by atoms with Gasteiger partial charge in [0.2, 0.25) is 5.91 Å². The molecular formula is C16H20N8O2. The number of imidazole rings is 1. The van der Waals surface area contributed by atoms with Crippen molar-refractivity contribution in [3.8, 4) is 0 Å². The van der Waals surface area contributed by atoms with Gasteiger partial charge in [-0.1, -0.05) is 0 Å². The number of anilines is 1. The molecule has 136 valence electrons. The van der Waals surface area contributed by atoms with Gasteiger partial charge in [-0.15, -0.1) is 0 Å². The smallest absolute Gasteiger partial charge is 0.225 e. The lowest BCUT2D eigenvalue weighted by molar-refractivity contribution is -0.130. The van der Waals surface area contributed by atoms with Crippen LogP contribution in [0, 0.1) is 0 Å². The summed E-state index contributed by atoms with van der Waals surface area (Å²) in [5.74, 6) is 0.664. The van der Waals surface area contributed by atoms with Crippen molar-refractivity contribution in [3.63, 3.8) is 0 Å². The fraction of sp³-hybridized carbons (Fsp3) is 0.438. The van der Waals surface area contributed by atoms with Crippen molar-refractivity contribution in [2.24, 2.45) is 0 Å². The first-order valence-corrected chi connectivity index (χ1v) is 8.37. The van der Waals surface area contributed by atoms with E-state index in [2.05, 4.69) is 29.9 Å². The number of amides is 1. The van der Waals surface area contributed by atoms with Gasteiger partial charge in [0.15, 0.2) is 11.5 Å². The summed E-state index contributed by atoms with van der Waals surface area (Å²) in [6.45, 7) is 2.00. The molecule has 26 heavy (non-hydrogen) atoms. The quantitative estimate of drug-likeness (QED) is 0.680. The Balaban J connectivity index is 1.55. The molecule has 0 unspecified atom stereocenters. The van der Waals surface area contributed by atoms with E-state index >= 15 is 0 Å². The van der Waals surface area contributed by atoms with Crippen LogP contribution in [0.3, 0.4) is 0 Å². The highest BCUT2D eigenvalue weighted by Gasteiger charge is 2.24. The molecule has 0 aromatic carbocycles. The number of aromatic amines is 1. The molecule has 4 heterocycles. The van der Waals surface area contributed by atoms with E-state index in [9.17, 15) is 9.90 Å². The predicted octanol–water partition coefficient (Wildman–Crippen LogP) is 0.0813. The molecule has 1 aliphatic heterocycles. The molecule has 0 radical (unpaired) electrons. The fourth-order valence-corrected chi connectivity index (χ4v) is 3.08. The number of aliphatic hydroxyl groups is 1. The largest absolute Gasteiger partial charge is 0.386 e. The molecule has 0 fully saturated rings. The number of nitrogens with one attached hydrogen (secondary N) is 1. The van der Waals surface area contributed by atoms with Crippen LogP contribution in [0.15, 0.2) is 18.7 Å². The number of nitrogens with zero attached hydrogens (tertiary/aromatic N) is 7. The summed E-state index contributed by atoms with van der Waals surface area (Å²) < 4.78 is 1.88. The minimum Gasteiger partial charge on any atom is -0.386 e. The number of aliphatic hydroxyl groups excluding tert-OH is 1. The normalized spacial score (nSPS) is 15.1. The van der Waals surface area contributed by atoms with Gasteiger partial charge in [-0.2, -0.15) is 5.10 Å². The second kappa shape index (κ2) is 6.37. The number of rotatable bonds is 4. The molecule has 10 nitrogen and oxygen atoms in total. The molecule has 0 aliphatic carbocycles. The van der Waals surface area contributed by atoms with Gasteiger partial charge in [0.1, 0.15) is 17.9 Å². The molecule has 0 bridgehead atoms. The van der Waals surface area contributed by atoms with Gasteiger partial charge < -0.3 is 19.9 Å². The van der Waals surface area contributed by atoms with Crippen LogP contribution in [0.4, 0.5) is 5.82 Å². The topological polar surface area (TPSA) is 116 Å². The second-order valence-corrected chi connectivity index (χ2v) is 6.51. The highest BCUT2D eigenvalue weighted by atomic mass is 16.3. The average molecular weight is 356 g/mol. The summed E-state index contributed by atoms with van der Waals surface area (Å²) in [5, 5.41) is 14.8. The Hall–Kier alpha value is -3.01. The third-order valence-corrected chi connectivity index (χ3v) is 4.53. The van der Waals surface area contributed by atoms with Crippen LogP contribution in [0.25, 0.3) is 11.2 Å². The van der Waals surface area contributed by atoms with Crippen molar-refractivity contribution in [3.05, 3.63) is 30.1 Å². The van der Waals surface area contributed by atoms with Crippen LogP contribution in [0.2, 0.25) is 0 Å². The standard InChI is InChI=1S/C16H20N8O2/c1-22(2)13(26)6-12(25)11-5-10-7-23(3-4-24(10)21-11)16-14-15(18-8-17-14)19-9-20-16/h5,8-9,12,25H,3-4,6-7H2,1-2H3,(H,17,18,19,20)/t12-/m1/s1. The maximum atomic E-state index is 11.8. The first-order valence-electron chi connectivity index (χ1n) is 8.37. The zero-order chi connectivity index (χ0) is 18.3. The monoisotopic (exact) mass is 356 g/mol. The van der Waals surface area contributed by atoms with Gasteiger partial charge in [-0.05, 0) is 6.07 Å². The summed E-state index contributed by atoms with van der Waals surface area (Å²) in [6.07, 6.45) is 2.22. The molecule has 4 rings (SSSR count). The predicted molar refractivity (Wildman–Crippen MR) is 93.2 cm³/mol. The van der Waals surface area contributed by atoms with Gasteiger partial charge in [0.05, 0.1) is 37.2 Å². The van der Waals surface area contributed by atoms with Gasteiger partial charge in [-0.25, -0.2) is 15.0 Å². The number of carbonyl (C=O) groups excluding carboxylic acids is 1. The zero-order valence-electron chi connectivity index (χ0n) is 14.6. The third kappa shape index (κ3) is 2.88. The molecular weight excluding hydrogens is 336 g/mol. The van der Waals surface area contributed by atoms with Gasteiger partial charge in [0.25, 0.3) is 0 Å². The zero-order valence-corrected chi connectivity index (χ0v) is 14.6. The Labute approximate surface area is 149 Å². The van der Waals surface area contributed by atoms with Crippen molar-refractivity contribution in [2.75, 3.05) is 25.5 Å². The van der Waals surface area contributed by atoms with Crippen LogP contribution in [0.1, 0.15) is 23.9 Å². The molecule has 10 heteroatoms. The van der Waals surface area contributed by atoms with Crippen LogP contribution >= 0.6 is 0 Å². The molecule has 3 aromatic rings. The minimum atomic E-state index is -0.908. The van der Waals surface area contributed by atoms with Crippen molar-refractivity contribution in [1.29, 1.82) is 0 Å². The Morgan fingerprint density at radius 3 is 3.00 bits per heavy atom. The van der Waals surface area contributed by atoms with Crippen LogP contribution in [0.5, 0.6) is 0 Å². The van der Waals surface area contributed by atoms with E-state index in [1.165, 1.54) is 11.2 Å². The fourth-order valence-electron chi connectivity index (χ4n) is 3.08. The Morgan fingerprint density at radius 1 is 1.35 bits per heavy atom. The van der Waals surface area contributed by atoms with E-state index in [4.69, 9.17) is 0 Å². The van der Waals surface area contributed by atoms with Crippen molar-refractivity contribution in [2.45, 2.75) is 25.6 Å². The van der Waals surface area contributed by atoms with Crippen molar-refractivity contribution < 1.29 is 9.90 Å². The highest BCUT2D eigenvalue weighted by molar-refractivity contribution is 5.82. The molecule has 0 saturated carbocycles. The van der Waals surface area contributed by atoms with E-state index in [1.807, 2.05) is 10.7 Å². The number of fused-ring (bicyclic) bond motifs is 2. The number of H-pyrrole nitrogens is 1. The Kier molecular flexibility index (Phi) is 4.03. The van der Waals surface area contributed by atoms with Crippen LogP contribution in [-0.4, -0.2) is 66.3 Å². The van der Waals surface area contributed by atoms with Gasteiger partial charge in [-0.3, -0.25) is 9.48 Å². The maximum absolute atomic E-state index is 11.8. The number of hydrogen-bond acceptors (Lipinski definition) is 7. The molecule has 0 saturated heterocycles. The van der Waals surface area contributed by atoms with E-state index in [0.29, 0.717) is 24.4 Å². The maximum Gasteiger partial charge on any atom is 0.225 e. The Bertz CT molecular complexity index is 947. The van der Waals surface area contributed by atoms with Crippen molar-refractivity contribution in [1.82, 2.24) is 34.6 Å². The molecule has 1 aliphatic rings. The molecule has 0 spiro atoms. The summed E-state index contributed by atoms with van der Waals surface area (Å²) in [6, 6.07) is 1.85. The first-order chi connectivity index (χ1) is 12.5. The van der Waals surface area contributed by atoms with Gasteiger partial charge >= 0.3 is 0 Å². The van der Waals surface area contributed by atoms with E-state index in [0.717, 1.165) is 23.6 Å². The van der Waals surface area contributed by atoms with E-state index in [-0.39, 0.29) is 12.3 Å². The second-order valence-electron chi connectivity index (χ2n) is 6.51. The van der Waals surface area contributed by atoms with Gasteiger partial charge in [0, 0.05) is 20.6 Å². The number of aromatic nitrogens is 6. The number of hydrogen-bond donors (Lipinski definition) is 2. The molecule has 1 atom stereocenters. The lowest BCUT2D eigenvalue weighted by Gasteiger charge is -2.28. The lowest BCUT2D eigenvalue weighted by Crippen LogP contribution is -2.34. The highest BCUT2D eigenvalue weighted by Crippen LogP contribution is 2.26. The summed E-state index contributed by atoms with van der Waals surface area (Å²) in [4.78, 5) is 31.2. The first kappa shape index (κ1) is 16.5. The number of carbonyl (C=O) groups is 1. The lowest BCUT2D eigenvalue weighted by atomic mass is 10.1. The minimum absolute atomic E-state index is 0.0217.